The minimum Gasteiger partial charge on any atom is -0.339 e. The van der Waals surface area contributed by atoms with Crippen LogP contribution in [0.2, 0.25) is 0 Å². The quantitative estimate of drug-likeness (QED) is 0.669. The van der Waals surface area contributed by atoms with Crippen LogP contribution in [0.4, 0.5) is 0 Å². The Morgan fingerprint density at radius 1 is 0.952 bits per heavy atom. The fourth-order valence-corrected chi connectivity index (χ4v) is 2.76. The van der Waals surface area contributed by atoms with Gasteiger partial charge in [-0.25, -0.2) is 0 Å². The molecule has 0 fully saturated rings. The van der Waals surface area contributed by atoms with E-state index in [0.29, 0.717) is 0 Å². The van der Waals surface area contributed by atoms with Gasteiger partial charge in [0.2, 0.25) is 0 Å². The number of hydrogen-bond donors (Lipinski definition) is 1. The summed E-state index contributed by atoms with van der Waals surface area (Å²) in [5.41, 5.74) is 4.01. The van der Waals surface area contributed by atoms with E-state index in [4.69, 9.17) is 0 Å². The summed E-state index contributed by atoms with van der Waals surface area (Å²) in [6.07, 6.45) is 1.17. The predicted molar refractivity (Wildman–Crippen MR) is 89.5 cm³/mol. The Kier molecular flexibility index (Phi) is 4.37. The third-order valence-electron chi connectivity index (χ3n) is 3.81. The molecule has 2 nitrogen and oxygen atoms in total. The zero-order valence-electron chi connectivity index (χ0n) is 12.5. The maximum Gasteiger partial charge on any atom is 0.0486 e. The lowest BCUT2D eigenvalue weighted by Gasteiger charge is -2.11. The Morgan fingerprint density at radius 2 is 1.71 bits per heavy atom. The summed E-state index contributed by atoms with van der Waals surface area (Å²) < 4.78 is 2.42. The minimum absolute atomic E-state index is 0.926. The second-order valence-electron chi connectivity index (χ2n) is 5.44. The average molecular weight is 278 g/mol. The van der Waals surface area contributed by atoms with E-state index in [1.807, 2.05) is 0 Å². The van der Waals surface area contributed by atoms with Crippen molar-refractivity contribution in [2.24, 2.45) is 0 Å². The van der Waals surface area contributed by atoms with Gasteiger partial charge in [-0.15, -0.1) is 0 Å². The lowest BCUT2D eigenvalue weighted by atomic mass is 10.2. The van der Waals surface area contributed by atoms with Crippen LogP contribution in [-0.4, -0.2) is 11.1 Å². The minimum atomic E-state index is 0.926. The number of fused-ring (bicyclic) bond motifs is 1. The van der Waals surface area contributed by atoms with Crippen LogP contribution in [0.25, 0.3) is 10.9 Å². The van der Waals surface area contributed by atoms with Gasteiger partial charge >= 0.3 is 0 Å². The molecular weight excluding hydrogens is 256 g/mol. The lowest BCUT2D eigenvalue weighted by Crippen LogP contribution is -2.17. The van der Waals surface area contributed by atoms with Crippen LogP contribution in [0.5, 0.6) is 0 Å². The topological polar surface area (TPSA) is 17.0 Å². The molecule has 21 heavy (non-hydrogen) atoms. The van der Waals surface area contributed by atoms with Crippen molar-refractivity contribution in [1.29, 1.82) is 0 Å². The van der Waals surface area contributed by atoms with Crippen molar-refractivity contribution in [2.75, 3.05) is 6.54 Å². The van der Waals surface area contributed by atoms with Crippen molar-refractivity contribution in [1.82, 2.24) is 9.88 Å². The standard InChI is InChI=1S/C19H22N2/c1-2-12-20-14-18-13-17-10-6-7-11-19(17)21(18)15-16-8-4-3-5-9-16/h3-11,13,20H,2,12,14-15H2,1H3. The van der Waals surface area contributed by atoms with Gasteiger partial charge in [0.15, 0.2) is 0 Å². The molecule has 0 bridgehead atoms. The van der Waals surface area contributed by atoms with Gasteiger partial charge in [-0.3, -0.25) is 0 Å². The Labute approximate surface area is 126 Å². The second-order valence-corrected chi connectivity index (χ2v) is 5.44. The molecule has 0 saturated heterocycles. The summed E-state index contributed by atoms with van der Waals surface area (Å²) in [5.74, 6) is 0. The van der Waals surface area contributed by atoms with Gasteiger partial charge in [0, 0.05) is 24.3 Å². The molecule has 3 aromatic rings. The van der Waals surface area contributed by atoms with E-state index in [1.165, 1.54) is 28.6 Å². The van der Waals surface area contributed by atoms with Gasteiger partial charge in [0.05, 0.1) is 0 Å². The number of hydrogen-bond acceptors (Lipinski definition) is 1. The largest absolute Gasteiger partial charge is 0.339 e. The molecule has 0 aliphatic rings. The smallest absolute Gasteiger partial charge is 0.0486 e. The van der Waals surface area contributed by atoms with Crippen molar-refractivity contribution in [3.05, 3.63) is 71.9 Å². The van der Waals surface area contributed by atoms with Crippen molar-refractivity contribution in [3.8, 4) is 0 Å². The van der Waals surface area contributed by atoms with Crippen LogP contribution in [0.3, 0.4) is 0 Å². The van der Waals surface area contributed by atoms with Gasteiger partial charge in [-0.2, -0.15) is 0 Å². The average Bonchev–Trinajstić information content (AvgIpc) is 2.87. The van der Waals surface area contributed by atoms with Crippen LogP contribution in [0, 0.1) is 0 Å². The molecule has 0 amide bonds. The fraction of sp³-hybridized carbons (Fsp3) is 0.263. The van der Waals surface area contributed by atoms with Crippen molar-refractivity contribution < 1.29 is 0 Å². The van der Waals surface area contributed by atoms with Crippen LogP contribution in [-0.2, 0) is 13.1 Å². The molecule has 108 valence electrons. The first-order valence-corrected chi connectivity index (χ1v) is 7.70. The molecule has 0 saturated carbocycles. The van der Waals surface area contributed by atoms with Gasteiger partial charge in [0.1, 0.15) is 0 Å². The van der Waals surface area contributed by atoms with E-state index in [1.54, 1.807) is 0 Å². The zero-order valence-corrected chi connectivity index (χ0v) is 12.5. The highest BCUT2D eigenvalue weighted by Crippen LogP contribution is 2.21. The number of para-hydroxylation sites is 1. The molecule has 0 spiro atoms. The third-order valence-corrected chi connectivity index (χ3v) is 3.81. The molecule has 1 heterocycles. The first kappa shape index (κ1) is 13.9. The highest BCUT2D eigenvalue weighted by atomic mass is 15.0. The number of nitrogens with one attached hydrogen (secondary N) is 1. The summed E-state index contributed by atoms with van der Waals surface area (Å²) in [5, 5.41) is 4.84. The van der Waals surface area contributed by atoms with Gasteiger partial charge in [-0.05, 0) is 36.0 Å². The lowest BCUT2D eigenvalue weighted by molar-refractivity contribution is 0.636. The van der Waals surface area contributed by atoms with E-state index in [2.05, 4.69) is 77.5 Å². The molecule has 0 atom stereocenters. The van der Waals surface area contributed by atoms with E-state index in [0.717, 1.165) is 19.6 Å². The van der Waals surface area contributed by atoms with Gasteiger partial charge in [0.25, 0.3) is 0 Å². The Bertz CT molecular complexity index is 698. The molecule has 1 aromatic heterocycles. The monoisotopic (exact) mass is 278 g/mol. The van der Waals surface area contributed by atoms with Gasteiger partial charge in [-0.1, -0.05) is 55.5 Å². The second kappa shape index (κ2) is 6.59. The van der Waals surface area contributed by atoms with Crippen LogP contribution in [0.15, 0.2) is 60.7 Å². The molecular formula is C19H22N2. The predicted octanol–water partition coefficient (Wildman–Crippen LogP) is 4.19. The Balaban J connectivity index is 1.95. The molecule has 1 N–H and O–H groups in total. The van der Waals surface area contributed by atoms with E-state index >= 15 is 0 Å². The number of rotatable bonds is 6. The maximum atomic E-state index is 3.52. The summed E-state index contributed by atoms with van der Waals surface area (Å²) in [4.78, 5) is 0. The first-order valence-electron chi connectivity index (χ1n) is 7.70. The number of nitrogens with zero attached hydrogens (tertiary/aromatic N) is 1. The molecule has 0 aliphatic carbocycles. The summed E-state index contributed by atoms with van der Waals surface area (Å²) in [7, 11) is 0. The molecule has 2 aromatic carbocycles. The number of benzene rings is 2. The van der Waals surface area contributed by atoms with Gasteiger partial charge < -0.3 is 9.88 Å². The van der Waals surface area contributed by atoms with Crippen molar-refractivity contribution >= 4 is 10.9 Å². The molecule has 3 rings (SSSR count). The normalized spacial score (nSPS) is 11.1. The molecule has 0 radical (unpaired) electrons. The van der Waals surface area contributed by atoms with E-state index in [-0.39, 0.29) is 0 Å². The van der Waals surface area contributed by atoms with E-state index in [9.17, 15) is 0 Å². The van der Waals surface area contributed by atoms with Crippen molar-refractivity contribution in [3.63, 3.8) is 0 Å². The fourth-order valence-electron chi connectivity index (χ4n) is 2.76. The van der Waals surface area contributed by atoms with Crippen LogP contribution >= 0.6 is 0 Å². The third kappa shape index (κ3) is 3.17. The maximum absolute atomic E-state index is 3.52. The van der Waals surface area contributed by atoms with E-state index < -0.39 is 0 Å². The highest BCUT2D eigenvalue weighted by molar-refractivity contribution is 5.81. The molecule has 0 aliphatic heterocycles. The summed E-state index contributed by atoms with van der Waals surface area (Å²) in [6, 6.07) is 21.6. The van der Waals surface area contributed by atoms with Crippen molar-refractivity contribution in [2.45, 2.75) is 26.4 Å². The Hall–Kier alpha value is -2.06. The van der Waals surface area contributed by atoms with Crippen LogP contribution in [0.1, 0.15) is 24.6 Å². The SMILES string of the molecule is CCCNCc1cc2ccccc2n1Cc1ccccc1. The number of aromatic nitrogens is 1. The van der Waals surface area contributed by atoms with Crippen LogP contribution < -0.4 is 5.32 Å². The zero-order chi connectivity index (χ0) is 14.5. The Morgan fingerprint density at radius 3 is 2.52 bits per heavy atom. The first-order chi connectivity index (χ1) is 10.4. The highest BCUT2D eigenvalue weighted by Gasteiger charge is 2.08. The summed E-state index contributed by atoms with van der Waals surface area (Å²) >= 11 is 0. The molecule has 2 heteroatoms. The summed E-state index contributed by atoms with van der Waals surface area (Å²) in [6.45, 7) is 5.12. The molecule has 0 unspecified atom stereocenters.